The fourth-order valence-electron chi connectivity index (χ4n) is 1.17. The maximum atomic E-state index is 10.8. The van der Waals surface area contributed by atoms with Gasteiger partial charge in [-0.15, -0.1) is 0 Å². The van der Waals surface area contributed by atoms with Crippen molar-refractivity contribution in [2.24, 2.45) is 0 Å². The Morgan fingerprint density at radius 3 is 2.62 bits per heavy atom. The zero-order valence-corrected chi connectivity index (χ0v) is 10.1. The topological polar surface area (TPSA) is 26.3 Å². The first-order chi connectivity index (χ1) is 6.20. The number of unbranched alkanes of at least 4 members (excludes halogenated alkanes) is 3. The van der Waals surface area contributed by atoms with Gasteiger partial charge in [-0.3, -0.25) is 4.79 Å². The molecule has 2 nitrogen and oxygen atoms in total. The summed E-state index contributed by atoms with van der Waals surface area (Å²) in [5.41, 5.74) is 0. The Hall–Kier alpha value is -0.0500. The highest BCUT2D eigenvalue weighted by Gasteiger charge is 2.06. The molecular weight excluding hydrogens is 232 g/mol. The van der Waals surface area contributed by atoms with E-state index in [9.17, 15) is 4.79 Å². The molecule has 0 radical (unpaired) electrons. The van der Waals surface area contributed by atoms with Crippen molar-refractivity contribution in [3.05, 3.63) is 0 Å². The summed E-state index contributed by atoms with van der Waals surface area (Å²) in [7, 11) is 0. The Morgan fingerprint density at radius 2 is 2.08 bits per heavy atom. The number of rotatable bonds is 7. The predicted octanol–water partition coefficient (Wildman–Crippen LogP) is 3.28. The Labute approximate surface area is 89.2 Å². The van der Waals surface area contributed by atoms with Crippen LogP contribution in [0.25, 0.3) is 0 Å². The molecule has 0 aromatic carbocycles. The van der Waals surface area contributed by atoms with Crippen LogP contribution in [-0.4, -0.2) is 17.4 Å². The van der Waals surface area contributed by atoms with Crippen molar-refractivity contribution in [1.82, 2.24) is 0 Å². The average molecular weight is 251 g/mol. The standard InChI is InChI=1S/C10H19BrO2/c1-3-4-5-6-7-9(2)13-10(12)8-11/h9H,3-8H2,1-2H3. The molecule has 0 aromatic rings. The molecule has 0 saturated heterocycles. The van der Waals surface area contributed by atoms with Gasteiger partial charge in [0.2, 0.25) is 0 Å². The molecule has 78 valence electrons. The van der Waals surface area contributed by atoms with E-state index in [0.717, 1.165) is 12.8 Å². The number of esters is 1. The summed E-state index contributed by atoms with van der Waals surface area (Å²) in [6.07, 6.45) is 5.98. The normalized spacial score (nSPS) is 12.5. The smallest absolute Gasteiger partial charge is 0.316 e. The van der Waals surface area contributed by atoms with Crippen LogP contribution in [-0.2, 0) is 9.53 Å². The van der Waals surface area contributed by atoms with Crippen molar-refractivity contribution in [2.45, 2.75) is 52.1 Å². The lowest BCUT2D eigenvalue weighted by molar-refractivity contribution is -0.145. The highest BCUT2D eigenvalue weighted by molar-refractivity contribution is 9.09. The largest absolute Gasteiger partial charge is 0.462 e. The van der Waals surface area contributed by atoms with Gasteiger partial charge in [0.25, 0.3) is 0 Å². The van der Waals surface area contributed by atoms with Gasteiger partial charge in [-0.2, -0.15) is 0 Å². The second-order valence-electron chi connectivity index (χ2n) is 3.28. The van der Waals surface area contributed by atoms with Crippen molar-refractivity contribution >= 4 is 21.9 Å². The van der Waals surface area contributed by atoms with E-state index < -0.39 is 0 Å². The van der Waals surface area contributed by atoms with Crippen molar-refractivity contribution in [3.8, 4) is 0 Å². The van der Waals surface area contributed by atoms with Gasteiger partial charge in [0, 0.05) is 0 Å². The summed E-state index contributed by atoms with van der Waals surface area (Å²) >= 11 is 3.06. The van der Waals surface area contributed by atoms with Crippen LogP contribution in [0.5, 0.6) is 0 Å². The molecule has 0 aliphatic carbocycles. The van der Waals surface area contributed by atoms with Gasteiger partial charge in [0.15, 0.2) is 0 Å². The number of carbonyl (C=O) groups is 1. The van der Waals surface area contributed by atoms with Crippen LogP contribution in [0, 0.1) is 0 Å². The van der Waals surface area contributed by atoms with Gasteiger partial charge in [-0.1, -0.05) is 42.1 Å². The van der Waals surface area contributed by atoms with Crippen LogP contribution in [0.2, 0.25) is 0 Å². The molecule has 0 fully saturated rings. The molecule has 0 aliphatic rings. The van der Waals surface area contributed by atoms with Gasteiger partial charge < -0.3 is 4.74 Å². The number of ether oxygens (including phenoxy) is 1. The van der Waals surface area contributed by atoms with Crippen LogP contribution in [0.4, 0.5) is 0 Å². The highest BCUT2D eigenvalue weighted by Crippen LogP contribution is 2.08. The molecule has 0 aromatic heterocycles. The second kappa shape index (κ2) is 8.54. The number of carbonyl (C=O) groups excluding carboxylic acids is 1. The van der Waals surface area contributed by atoms with Crippen molar-refractivity contribution in [1.29, 1.82) is 0 Å². The molecule has 0 amide bonds. The number of hydrogen-bond donors (Lipinski definition) is 0. The highest BCUT2D eigenvalue weighted by atomic mass is 79.9. The minimum atomic E-state index is -0.164. The van der Waals surface area contributed by atoms with E-state index in [0.29, 0.717) is 5.33 Å². The van der Waals surface area contributed by atoms with E-state index in [1.807, 2.05) is 6.92 Å². The zero-order chi connectivity index (χ0) is 10.1. The third kappa shape index (κ3) is 8.28. The van der Waals surface area contributed by atoms with Gasteiger partial charge >= 0.3 is 5.97 Å². The van der Waals surface area contributed by atoms with E-state index in [2.05, 4.69) is 22.9 Å². The van der Waals surface area contributed by atoms with E-state index in [1.54, 1.807) is 0 Å². The van der Waals surface area contributed by atoms with Gasteiger partial charge in [0.1, 0.15) is 5.33 Å². The molecule has 0 spiro atoms. The lowest BCUT2D eigenvalue weighted by atomic mass is 10.1. The fourth-order valence-corrected chi connectivity index (χ4v) is 1.31. The summed E-state index contributed by atoms with van der Waals surface area (Å²) in [6, 6.07) is 0. The first-order valence-corrected chi connectivity index (χ1v) is 6.08. The van der Waals surface area contributed by atoms with Crippen LogP contribution in [0.3, 0.4) is 0 Å². The summed E-state index contributed by atoms with van der Waals surface area (Å²) in [5.74, 6) is -0.164. The monoisotopic (exact) mass is 250 g/mol. The summed E-state index contributed by atoms with van der Waals surface area (Å²) in [5, 5.41) is 0.298. The molecule has 0 bridgehead atoms. The van der Waals surface area contributed by atoms with E-state index >= 15 is 0 Å². The van der Waals surface area contributed by atoms with Gasteiger partial charge in [-0.05, 0) is 19.8 Å². The minimum Gasteiger partial charge on any atom is -0.462 e. The maximum absolute atomic E-state index is 10.8. The van der Waals surface area contributed by atoms with Crippen LogP contribution >= 0.6 is 15.9 Å². The summed E-state index contributed by atoms with van der Waals surface area (Å²) in [4.78, 5) is 10.8. The van der Waals surface area contributed by atoms with Gasteiger partial charge in [-0.25, -0.2) is 0 Å². The van der Waals surface area contributed by atoms with Gasteiger partial charge in [0.05, 0.1) is 6.10 Å². The molecule has 0 saturated carbocycles. The predicted molar refractivity (Wildman–Crippen MR) is 58.1 cm³/mol. The first kappa shape index (κ1) is 12.9. The Bertz CT molecular complexity index is 137. The Kier molecular flexibility index (Phi) is 8.51. The van der Waals surface area contributed by atoms with Crippen LogP contribution in [0.15, 0.2) is 0 Å². The first-order valence-electron chi connectivity index (χ1n) is 4.96. The molecule has 1 unspecified atom stereocenters. The van der Waals surface area contributed by atoms with Crippen molar-refractivity contribution in [3.63, 3.8) is 0 Å². The lowest BCUT2D eigenvalue weighted by Gasteiger charge is -2.11. The molecule has 1 atom stereocenters. The summed E-state index contributed by atoms with van der Waals surface area (Å²) < 4.78 is 5.09. The molecule has 3 heteroatoms. The number of hydrogen-bond acceptors (Lipinski definition) is 2. The van der Waals surface area contributed by atoms with E-state index in [4.69, 9.17) is 4.74 Å². The average Bonchev–Trinajstić information content (AvgIpc) is 2.12. The maximum Gasteiger partial charge on any atom is 0.316 e. The second-order valence-corrected chi connectivity index (χ2v) is 3.84. The number of alkyl halides is 1. The molecular formula is C10H19BrO2. The quantitative estimate of drug-likeness (QED) is 0.394. The summed E-state index contributed by atoms with van der Waals surface area (Å²) in [6.45, 7) is 4.14. The molecule has 0 aliphatic heterocycles. The fraction of sp³-hybridized carbons (Fsp3) is 0.900. The Morgan fingerprint density at radius 1 is 1.38 bits per heavy atom. The van der Waals surface area contributed by atoms with E-state index in [1.165, 1.54) is 19.3 Å². The molecule has 0 rings (SSSR count). The Balaban J connectivity index is 3.29. The van der Waals surface area contributed by atoms with Crippen LogP contribution < -0.4 is 0 Å². The number of halogens is 1. The third-order valence-corrected chi connectivity index (χ3v) is 2.36. The minimum absolute atomic E-state index is 0.0712. The van der Waals surface area contributed by atoms with Crippen molar-refractivity contribution < 1.29 is 9.53 Å². The molecule has 0 N–H and O–H groups in total. The van der Waals surface area contributed by atoms with Crippen molar-refractivity contribution in [2.75, 3.05) is 5.33 Å². The third-order valence-electron chi connectivity index (χ3n) is 1.91. The SMILES string of the molecule is CCCCCCC(C)OC(=O)CBr. The van der Waals surface area contributed by atoms with E-state index in [-0.39, 0.29) is 12.1 Å². The molecule has 13 heavy (non-hydrogen) atoms. The van der Waals surface area contributed by atoms with Crippen LogP contribution in [0.1, 0.15) is 46.0 Å². The lowest BCUT2D eigenvalue weighted by Crippen LogP contribution is -2.15. The zero-order valence-electron chi connectivity index (χ0n) is 8.51. The molecule has 0 heterocycles.